The summed E-state index contributed by atoms with van der Waals surface area (Å²) in [5, 5.41) is 13.5. The van der Waals surface area contributed by atoms with Crippen molar-refractivity contribution in [2.24, 2.45) is 0 Å². The second kappa shape index (κ2) is 13.1. The second-order valence-corrected chi connectivity index (χ2v) is 13.9. The quantitative estimate of drug-likeness (QED) is 0.310. The van der Waals surface area contributed by atoms with Crippen LogP contribution >= 0.6 is 0 Å². The summed E-state index contributed by atoms with van der Waals surface area (Å²) in [5.41, 5.74) is 0.152. The van der Waals surface area contributed by atoms with Crippen molar-refractivity contribution in [2.75, 3.05) is 40.3 Å². The topological polar surface area (TPSA) is 130 Å². The first kappa shape index (κ1) is 31.5. The normalized spacial score (nSPS) is 18.7. The number of carbonyl (C=O) groups excluding carboxylic acids is 1. The predicted molar refractivity (Wildman–Crippen MR) is 174 cm³/mol. The summed E-state index contributed by atoms with van der Waals surface area (Å²) in [5.74, 6) is 0.165. The number of hydrogen-bond donors (Lipinski definition) is 1. The molecule has 1 N–H and O–H groups in total. The summed E-state index contributed by atoms with van der Waals surface area (Å²) in [6.07, 6.45) is 3.84. The van der Waals surface area contributed by atoms with E-state index in [0.29, 0.717) is 30.4 Å². The maximum Gasteiger partial charge on any atom is 0.344 e. The van der Waals surface area contributed by atoms with Crippen LogP contribution in [0.25, 0.3) is 11.0 Å². The number of imidazole rings is 1. The number of amides is 1. The lowest BCUT2D eigenvalue weighted by atomic mass is 9.98. The number of fused-ring (bicyclic) bond motifs is 1. The Balaban J connectivity index is 1.45. The number of piperidine rings is 2. The molecule has 0 aliphatic carbocycles. The molecular formula is C34H38N6O5S. The van der Waals surface area contributed by atoms with Gasteiger partial charge in [-0.15, -0.1) is 0 Å². The average Bonchev–Trinajstić information content (AvgIpc) is 3.37. The largest absolute Gasteiger partial charge is 0.497 e. The SMILES string of the molecule is COc1ccc(S(=O)(=O)n2c(=O)n(C(C(=O)N3CCCC(NC4CCN(C)CC4)C3)c3ccccc3)c3cc(C#N)ccc32)cc1. The molecule has 11 nitrogen and oxygen atoms in total. The molecule has 2 aliphatic rings. The molecule has 2 saturated heterocycles. The van der Waals surface area contributed by atoms with Crippen LogP contribution in [0, 0.1) is 11.3 Å². The van der Waals surface area contributed by atoms with Gasteiger partial charge in [-0.1, -0.05) is 30.3 Å². The summed E-state index contributed by atoms with van der Waals surface area (Å²) in [7, 11) is -0.805. The Kier molecular flexibility index (Phi) is 8.99. The van der Waals surface area contributed by atoms with Gasteiger partial charge in [0.15, 0.2) is 0 Å². The van der Waals surface area contributed by atoms with E-state index in [-0.39, 0.29) is 33.4 Å². The van der Waals surface area contributed by atoms with Crippen molar-refractivity contribution in [3.8, 4) is 11.8 Å². The van der Waals surface area contributed by atoms with Crippen molar-refractivity contribution in [1.82, 2.24) is 23.7 Å². The molecular weight excluding hydrogens is 604 g/mol. The van der Waals surface area contributed by atoms with Gasteiger partial charge in [-0.25, -0.2) is 13.2 Å². The van der Waals surface area contributed by atoms with Gasteiger partial charge in [-0.05, 0) is 93.8 Å². The Bertz CT molecular complexity index is 1920. The zero-order valence-electron chi connectivity index (χ0n) is 26.0. The fraction of sp³-hybridized carbons (Fsp3) is 0.382. The van der Waals surface area contributed by atoms with Crippen LogP contribution in [0.4, 0.5) is 0 Å². The fourth-order valence-electron chi connectivity index (χ4n) is 6.63. The van der Waals surface area contributed by atoms with Crippen LogP contribution in [0.3, 0.4) is 0 Å². The molecule has 3 heterocycles. The average molecular weight is 643 g/mol. The second-order valence-electron chi connectivity index (χ2n) is 12.1. The number of nitrogens with one attached hydrogen (secondary N) is 1. The molecule has 6 rings (SSSR count). The molecule has 2 unspecified atom stereocenters. The van der Waals surface area contributed by atoms with Gasteiger partial charge < -0.3 is 19.9 Å². The zero-order chi connectivity index (χ0) is 32.4. The number of benzene rings is 3. The molecule has 0 saturated carbocycles. The number of likely N-dealkylation sites (tertiary alicyclic amines) is 2. The monoisotopic (exact) mass is 642 g/mol. The van der Waals surface area contributed by atoms with Crippen molar-refractivity contribution in [1.29, 1.82) is 5.26 Å². The number of nitriles is 1. The molecule has 1 aromatic heterocycles. The van der Waals surface area contributed by atoms with Crippen LogP contribution in [0.5, 0.6) is 5.75 Å². The molecule has 0 bridgehead atoms. The van der Waals surface area contributed by atoms with Gasteiger partial charge in [-0.3, -0.25) is 9.36 Å². The molecule has 3 aromatic carbocycles. The van der Waals surface area contributed by atoms with Crippen LogP contribution in [0.15, 0.2) is 82.5 Å². The number of aromatic nitrogens is 2. The van der Waals surface area contributed by atoms with Gasteiger partial charge in [0, 0.05) is 25.2 Å². The highest BCUT2D eigenvalue weighted by molar-refractivity contribution is 7.90. The number of ether oxygens (including phenoxy) is 1. The molecule has 12 heteroatoms. The third-order valence-electron chi connectivity index (χ3n) is 9.09. The smallest absolute Gasteiger partial charge is 0.344 e. The highest BCUT2D eigenvalue weighted by atomic mass is 32.2. The summed E-state index contributed by atoms with van der Waals surface area (Å²) < 4.78 is 35.3. The van der Waals surface area contributed by atoms with Gasteiger partial charge in [0.25, 0.3) is 15.9 Å². The molecule has 240 valence electrons. The molecule has 0 spiro atoms. The van der Waals surface area contributed by atoms with E-state index in [2.05, 4.69) is 23.3 Å². The summed E-state index contributed by atoms with van der Waals surface area (Å²) in [6, 6.07) is 20.5. The van der Waals surface area contributed by atoms with Crippen molar-refractivity contribution >= 4 is 27.0 Å². The van der Waals surface area contributed by atoms with Crippen molar-refractivity contribution < 1.29 is 17.9 Å². The Morgan fingerprint density at radius 3 is 2.35 bits per heavy atom. The maximum atomic E-state index is 14.6. The van der Waals surface area contributed by atoms with Gasteiger partial charge in [0.1, 0.15) is 11.8 Å². The minimum atomic E-state index is -4.41. The van der Waals surface area contributed by atoms with Gasteiger partial charge in [0.2, 0.25) is 0 Å². The number of hydrogen-bond acceptors (Lipinski definition) is 8. The predicted octanol–water partition coefficient (Wildman–Crippen LogP) is 3.18. The van der Waals surface area contributed by atoms with E-state index < -0.39 is 21.8 Å². The van der Waals surface area contributed by atoms with Crippen LogP contribution < -0.4 is 15.7 Å². The summed E-state index contributed by atoms with van der Waals surface area (Å²) in [6.45, 7) is 3.06. The van der Waals surface area contributed by atoms with E-state index in [1.165, 1.54) is 54.1 Å². The Morgan fingerprint density at radius 1 is 0.957 bits per heavy atom. The zero-order valence-corrected chi connectivity index (χ0v) is 26.8. The number of nitrogens with zero attached hydrogens (tertiary/aromatic N) is 5. The first-order valence-corrected chi connectivity index (χ1v) is 17.0. The van der Waals surface area contributed by atoms with Crippen LogP contribution in [-0.2, 0) is 14.8 Å². The number of methoxy groups -OCH3 is 1. The maximum absolute atomic E-state index is 14.6. The van der Waals surface area contributed by atoms with Gasteiger partial charge in [0.05, 0.1) is 34.7 Å². The van der Waals surface area contributed by atoms with E-state index in [1.807, 2.05) is 6.07 Å². The van der Waals surface area contributed by atoms with Crippen molar-refractivity contribution in [3.05, 3.63) is 94.4 Å². The number of rotatable bonds is 8. The van der Waals surface area contributed by atoms with Crippen molar-refractivity contribution in [3.63, 3.8) is 0 Å². The Labute approximate surface area is 268 Å². The van der Waals surface area contributed by atoms with E-state index >= 15 is 0 Å². The summed E-state index contributed by atoms with van der Waals surface area (Å²) >= 11 is 0. The highest BCUT2D eigenvalue weighted by Crippen LogP contribution is 2.29. The highest BCUT2D eigenvalue weighted by Gasteiger charge is 2.36. The lowest BCUT2D eigenvalue weighted by Gasteiger charge is -2.39. The van der Waals surface area contributed by atoms with Crippen LogP contribution in [-0.4, -0.2) is 85.1 Å². The minimum absolute atomic E-state index is 0.0778. The molecule has 0 radical (unpaired) electrons. The van der Waals surface area contributed by atoms with Crippen LogP contribution in [0.1, 0.15) is 42.9 Å². The fourth-order valence-corrected chi connectivity index (χ4v) is 8.03. The molecule has 2 fully saturated rings. The van der Waals surface area contributed by atoms with Gasteiger partial charge in [-0.2, -0.15) is 9.23 Å². The van der Waals surface area contributed by atoms with E-state index in [0.717, 1.165) is 42.7 Å². The lowest BCUT2D eigenvalue weighted by Crippen LogP contribution is -2.54. The van der Waals surface area contributed by atoms with E-state index in [4.69, 9.17) is 4.74 Å². The molecule has 1 amide bonds. The molecule has 46 heavy (non-hydrogen) atoms. The lowest BCUT2D eigenvalue weighted by molar-refractivity contribution is -0.135. The first-order valence-electron chi connectivity index (χ1n) is 15.6. The van der Waals surface area contributed by atoms with Crippen LogP contribution in [0.2, 0.25) is 0 Å². The third-order valence-corrected chi connectivity index (χ3v) is 10.8. The number of carbonyl (C=O) groups is 1. The summed E-state index contributed by atoms with van der Waals surface area (Å²) in [4.78, 5) is 33.1. The minimum Gasteiger partial charge on any atom is -0.497 e. The van der Waals surface area contributed by atoms with E-state index in [9.17, 15) is 23.3 Å². The first-order chi connectivity index (χ1) is 22.2. The molecule has 2 aliphatic heterocycles. The Morgan fingerprint density at radius 2 is 1.67 bits per heavy atom. The molecule has 4 aromatic rings. The molecule has 2 atom stereocenters. The third kappa shape index (κ3) is 6.06. The Hall–Kier alpha value is -4.44. The van der Waals surface area contributed by atoms with Crippen molar-refractivity contribution in [2.45, 2.75) is 48.7 Å². The van der Waals surface area contributed by atoms with E-state index in [1.54, 1.807) is 29.2 Å². The van der Waals surface area contributed by atoms with Gasteiger partial charge >= 0.3 is 5.69 Å². The standard InChI is InChI=1S/C34H38N6O5S/c1-37-19-16-26(17-20-37)36-27-9-6-18-38(23-27)33(41)32(25-7-4-3-5-8-25)39-31-21-24(22-35)10-15-30(31)40(34(39)42)46(43,44)29-13-11-28(45-2)12-14-29/h3-5,7-8,10-15,21,26-27,32,36H,6,9,16-20,23H2,1-2H3.